The molecule has 2 aromatic heterocycles. The second-order valence-corrected chi connectivity index (χ2v) is 18.3. The molecular formula is C63H40N2O. The number of allylic oxidation sites excluding steroid dienone is 4. The van der Waals surface area contributed by atoms with Gasteiger partial charge in [-0.2, -0.15) is 0 Å². The number of furan rings is 1. The number of imidazole rings is 1. The number of aromatic nitrogens is 2. The van der Waals surface area contributed by atoms with Crippen molar-refractivity contribution in [2.75, 3.05) is 0 Å². The molecule has 9 aromatic carbocycles. The van der Waals surface area contributed by atoms with Crippen molar-refractivity contribution in [1.82, 2.24) is 9.55 Å². The maximum absolute atomic E-state index is 6.79. The number of nitrogens with zero attached hydrogens (tertiary/aromatic N) is 2. The van der Waals surface area contributed by atoms with E-state index in [1.807, 2.05) is 0 Å². The van der Waals surface area contributed by atoms with Gasteiger partial charge in [-0.05, 0) is 127 Å². The van der Waals surface area contributed by atoms with E-state index in [2.05, 4.69) is 223 Å². The van der Waals surface area contributed by atoms with Crippen LogP contribution in [0.4, 0.5) is 0 Å². The lowest BCUT2D eigenvalue weighted by molar-refractivity contribution is 0.590. The van der Waals surface area contributed by atoms with Crippen LogP contribution in [0.5, 0.6) is 0 Å². The normalized spacial score (nSPS) is 17.0. The quantitative estimate of drug-likeness (QED) is 0.177. The summed E-state index contributed by atoms with van der Waals surface area (Å²) in [6, 6.07) is 76.2. The molecule has 0 N–H and O–H groups in total. The fourth-order valence-electron chi connectivity index (χ4n) is 13.0. The highest BCUT2D eigenvalue weighted by atomic mass is 16.3. The average Bonchev–Trinajstić information content (AvgIpc) is 4.13. The Morgan fingerprint density at radius 1 is 0.455 bits per heavy atom. The van der Waals surface area contributed by atoms with Crippen molar-refractivity contribution >= 4 is 33.0 Å². The first-order valence-electron chi connectivity index (χ1n) is 23.2. The van der Waals surface area contributed by atoms with Crippen molar-refractivity contribution in [3.05, 3.63) is 263 Å². The zero-order valence-electron chi connectivity index (χ0n) is 36.0. The van der Waals surface area contributed by atoms with Gasteiger partial charge in [0.15, 0.2) is 0 Å². The predicted molar refractivity (Wildman–Crippen MR) is 268 cm³/mol. The number of para-hydroxylation sites is 3. The lowest BCUT2D eigenvalue weighted by Gasteiger charge is -2.50. The first-order chi connectivity index (χ1) is 32.8. The molecule has 15 rings (SSSR count). The SMILES string of the molecule is C1=CC2=C(CC1)C1(c3ccccc3C23c2ccccc2-c2ccccc23)c2cccc(-c3nc4ccccc4n3-c3ccc(-c4ccccc4)cc3)c2-c2c1ccc1oc3ccccc3c21. The summed E-state index contributed by atoms with van der Waals surface area (Å²) < 4.78 is 9.17. The summed E-state index contributed by atoms with van der Waals surface area (Å²) in [5.41, 5.74) is 23.3. The van der Waals surface area contributed by atoms with Crippen molar-refractivity contribution in [1.29, 1.82) is 0 Å². The van der Waals surface area contributed by atoms with Crippen molar-refractivity contribution < 1.29 is 4.42 Å². The Bertz CT molecular complexity index is 3890. The third-order valence-corrected chi connectivity index (χ3v) is 15.4. The fourth-order valence-corrected chi connectivity index (χ4v) is 13.0. The molecule has 0 saturated heterocycles. The number of hydrogen-bond donors (Lipinski definition) is 0. The standard InChI is InChI=1S/C63H40N2O/c1-2-17-39(18-3-1)40-33-35-41(36-34-40)65-55-31-14-13-30-54(55)64-61(65)45-22-16-29-52-58(45)60-53(37-38-57-59(60)44-21-6-15-32-56(44)66-57)63(52)50-27-11-9-25-48(50)62(49-26-10-12-28-51(49)63)46-23-7-4-19-42(46)43-20-5-8-24-47(43)62/h1-11,13-27,29-38H,12,28H2. The third kappa shape index (κ3) is 4.40. The second kappa shape index (κ2) is 13.2. The maximum atomic E-state index is 6.79. The molecule has 3 heteroatoms. The second-order valence-electron chi connectivity index (χ2n) is 18.3. The predicted octanol–water partition coefficient (Wildman–Crippen LogP) is 15.5. The van der Waals surface area contributed by atoms with Crippen molar-refractivity contribution in [2.45, 2.75) is 23.7 Å². The molecule has 0 fully saturated rings. The Balaban J connectivity index is 1.09. The van der Waals surface area contributed by atoms with Gasteiger partial charge in [0.25, 0.3) is 0 Å². The van der Waals surface area contributed by atoms with Crippen LogP contribution in [0.25, 0.3) is 83.4 Å². The Hall–Kier alpha value is -8.27. The Labute approximate surface area is 382 Å². The van der Waals surface area contributed by atoms with Gasteiger partial charge in [-0.15, -0.1) is 0 Å². The number of rotatable bonds is 3. The largest absolute Gasteiger partial charge is 0.456 e. The van der Waals surface area contributed by atoms with E-state index in [4.69, 9.17) is 9.40 Å². The molecule has 2 heterocycles. The van der Waals surface area contributed by atoms with Gasteiger partial charge in [-0.1, -0.05) is 182 Å². The molecule has 1 atom stereocenters. The Morgan fingerprint density at radius 3 is 1.88 bits per heavy atom. The molecule has 0 saturated carbocycles. The Morgan fingerprint density at radius 2 is 1.08 bits per heavy atom. The van der Waals surface area contributed by atoms with Gasteiger partial charge in [-0.25, -0.2) is 4.98 Å². The van der Waals surface area contributed by atoms with E-state index in [9.17, 15) is 0 Å². The van der Waals surface area contributed by atoms with Crippen LogP contribution in [0.1, 0.15) is 46.2 Å². The lowest BCUT2D eigenvalue weighted by Crippen LogP contribution is -2.44. The molecule has 11 aromatic rings. The first kappa shape index (κ1) is 36.1. The van der Waals surface area contributed by atoms with Gasteiger partial charge in [0.1, 0.15) is 17.0 Å². The molecule has 308 valence electrons. The highest BCUT2D eigenvalue weighted by molar-refractivity contribution is 6.17. The van der Waals surface area contributed by atoms with Crippen molar-refractivity contribution in [3.63, 3.8) is 0 Å². The summed E-state index contributed by atoms with van der Waals surface area (Å²) in [5, 5.41) is 2.29. The Kier molecular flexibility index (Phi) is 7.20. The minimum Gasteiger partial charge on any atom is -0.456 e. The van der Waals surface area contributed by atoms with E-state index in [0.717, 1.165) is 62.9 Å². The lowest BCUT2D eigenvalue weighted by atomic mass is 9.51. The fraction of sp³-hybridized carbons (Fsp3) is 0.0635. The van der Waals surface area contributed by atoms with Crippen LogP contribution >= 0.6 is 0 Å². The van der Waals surface area contributed by atoms with Gasteiger partial charge >= 0.3 is 0 Å². The van der Waals surface area contributed by atoms with E-state index in [-0.39, 0.29) is 0 Å². The van der Waals surface area contributed by atoms with Crippen molar-refractivity contribution in [3.8, 4) is 50.5 Å². The van der Waals surface area contributed by atoms with E-state index < -0.39 is 10.8 Å². The average molecular weight is 841 g/mol. The molecule has 0 radical (unpaired) electrons. The summed E-state index contributed by atoms with van der Waals surface area (Å²) in [4.78, 5) is 5.60. The molecule has 1 unspecified atom stereocenters. The monoisotopic (exact) mass is 840 g/mol. The minimum atomic E-state index is -0.601. The van der Waals surface area contributed by atoms with E-state index in [0.29, 0.717) is 0 Å². The minimum absolute atomic E-state index is 0.478. The molecule has 4 aliphatic carbocycles. The van der Waals surface area contributed by atoms with Crippen LogP contribution < -0.4 is 0 Å². The topological polar surface area (TPSA) is 31.0 Å². The smallest absolute Gasteiger partial charge is 0.146 e. The van der Waals surface area contributed by atoms with Crippen LogP contribution in [0, 0.1) is 0 Å². The van der Waals surface area contributed by atoms with Crippen LogP contribution in [-0.4, -0.2) is 9.55 Å². The maximum Gasteiger partial charge on any atom is 0.146 e. The van der Waals surface area contributed by atoms with Crippen LogP contribution in [0.15, 0.2) is 234 Å². The zero-order chi connectivity index (χ0) is 43.1. The van der Waals surface area contributed by atoms with Gasteiger partial charge in [-0.3, -0.25) is 4.57 Å². The molecule has 3 nitrogen and oxygen atoms in total. The first-order valence-corrected chi connectivity index (χ1v) is 23.2. The number of hydrogen-bond acceptors (Lipinski definition) is 2. The molecule has 0 aliphatic heterocycles. The van der Waals surface area contributed by atoms with E-state index in [1.165, 1.54) is 77.9 Å². The molecule has 0 amide bonds. The molecular weight excluding hydrogens is 801 g/mol. The van der Waals surface area contributed by atoms with E-state index in [1.54, 1.807) is 0 Å². The summed E-state index contributed by atoms with van der Waals surface area (Å²) >= 11 is 0. The summed E-state index contributed by atoms with van der Waals surface area (Å²) in [5.74, 6) is 0.922. The highest BCUT2D eigenvalue weighted by Crippen LogP contribution is 2.70. The highest BCUT2D eigenvalue weighted by Gasteiger charge is 2.60. The molecule has 4 aliphatic rings. The van der Waals surface area contributed by atoms with Crippen LogP contribution in [0.2, 0.25) is 0 Å². The molecule has 66 heavy (non-hydrogen) atoms. The number of benzene rings is 9. The molecule has 0 bridgehead atoms. The van der Waals surface area contributed by atoms with Crippen LogP contribution in [-0.2, 0) is 10.8 Å². The third-order valence-electron chi connectivity index (χ3n) is 15.4. The zero-order valence-corrected chi connectivity index (χ0v) is 36.0. The summed E-state index contributed by atoms with van der Waals surface area (Å²) in [7, 11) is 0. The van der Waals surface area contributed by atoms with Gasteiger partial charge in [0.05, 0.1) is 21.9 Å². The summed E-state index contributed by atoms with van der Waals surface area (Å²) in [6.07, 6.45) is 6.84. The van der Waals surface area contributed by atoms with E-state index >= 15 is 0 Å². The molecule has 2 spiro atoms. The van der Waals surface area contributed by atoms with Crippen LogP contribution in [0.3, 0.4) is 0 Å². The van der Waals surface area contributed by atoms with Gasteiger partial charge in [0, 0.05) is 22.0 Å². The van der Waals surface area contributed by atoms with Gasteiger partial charge < -0.3 is 4.42 Å². The van der Waals surface area contributed by atoms with Gasteiger partial charge in [0.2, 0.25) is 0 Å². The van der Waals surface area contributed by atoms with Crippen molar-refractivity contribution in [2.24, 2.45) is 0 Å². The summed E-state index contributed by atoms with van der Waals surface area (Å²) in [6.45, 7) is 0. The number of fused-ring (bicyclic) bond motifs is 20.